The third-order valence-electron chi connectivity index (χ3n) is 2.92. The minimum absolute atomic E-state index is 0.119. The Hall–Kier alpha value is -1.39. The molecule has 0 fully saturated rings. The molecule has 1 aromatic heterocycles. The van der Waals surface area contributed by atoms with Gasteiger partial charge in [-0.15, -0.1) is 0 Å². The predicted octanol–water partition coefficient (Wildman–Crippen LogP) is 2.69. The summed E-state index contributed by atoms with van der Waals surface area (Å²) >= 11 is 5.81. The topological polar surface area (TPSA) is 43.8 Å². The zero-order valence-corrected chi connectivity index (χ0v) is 11.1. The molecular formula is C13H15ClFN3. The van der Waals surface area contributed by atoms with E-state index in [1.54, 1.807) is 12.1 Å². The largest absolute Gasteiger partial charge is 0.331 e. The number of halogens is 2. The van der Waals surface area contributed by atoms with Gasteiger partial charge in [0.1, 0.15) is 11.6 Å². The fourth-order valence-electron chi connectivity index (χ4n) is 2.09. The summed E-state index contributed by atoms with van der Waals surface area (Å²) in [7, 11) is 1.93. The van der Waals surface area contributed by atoms with Crippen LogP contribution in [0, 0.1) is 12.7 Å². The van der Waals surface area contributed by atoms with Gasteiger partial charge >= 0.3 is 0 Å². The Morgan fingerprint density at radius 3 is 2.78 bits per heavy atom. The van der Waals surface area contributed by atoms with Crippen molar-refractivity contribution < 1.29 is 4.39 Å². The lowest BCUT2D eigenvalue weighted by Gasteiger charge is -2.07. The van der Waals surface area contributed by atoms with E-state index in [0.717, 1.165) is 22.8 Å². The van der Waals surface area contributed by atoms with E-state index < -0.39 is 5.82 Å². The predicted molar refractivity (Wildman–Crippen MR) is 71.1 cm³/mol. The smallest absolute Gasteiger partial charge is 0.141 e. The lowest BCUT2D eigenvalue weighted by atomic mass is 10.1. The molecule has 3 nitrogen and oxygen atoms in total. The first kappa shape index (κ1) is 13.1. The molecule has 0 spiro atoms. The number of rotatable bonds is 3. The number of nitrogens with zero attached hydrogens (tertiary/aromatic N) is 2. The summed E-state index contributed by atoms with van der Waals surface area (Å²) in [5.41, 5.74) is 8.24. The number of hydrogen-bond donors (Lipinski definition) is 1. The second-order valence-electron chi connectivity index (χ2n) is 4.19. The van der Waals surface area contributed by atoms with Gasteiger partial charge in [0, 0.05) is 19.0 Å². The number of aryl methyl sites for hydroxylation is 1. The number of benzene rings is 1. The second kappa shape index (κ2) is 5.08. The van der Waals surface area contributed by atoms with Gasteiger partial charge in [-0.25, -0.2) is 9.37 Å². The minimum atomic E-state index is -0.414. The van der Waals surface area contributed by atoms with Crippen molar-refractivity contribution in [3.05, 3.63) is 40.6 Å². The van der Waals surface area contributed by atoms with Gasteiger partial charge in [-0.05, 0) is 31.7 Å². The molecule has 0 unspecified atom stereocenters. The van der Waals surface area contributed by atoms with Crippen LogP contribution in [-0.4, -0.2) is 16.1 Å². The Balaban J connectivity index is 2.53. The Kier molecular flexibility index (Phi) is 3.68. The van der Waals surface area contributed by atoms with E-state index in [2.05, 4.69) is 4.98 Å². The fraction of sp³-hybridized carbons (Fsp3) is 0.308. The fourth-order valence-corrected chi connectivity index (χ4v) is 2.27. The van der Waals surface area contributed by atoms with Crippen molar-refractivity contribution in [2.75, 3.05) is 6.54 Å². The number of aromatic nitrogens is 2. The monoisotopic (exact) mass is 267 g/mol. The van der Waals surface area contributed by atoms with Crippen LogP contribution in [0.4, 0.5) is 4.39 Å². The first-order valence-corrected chi connectivity index (χ1v) is 6.10. The van der Waals surface area contributed by atoms with Crippen LogP contribution in [0.5, 0.6) is 0 Å². The van der Waals surface area contributed by atoms with Crippen LogP contribution in [-0.2, 0) is 13.5 Å². The standard InChI is InChI=1S/C13H15ClFN3/c1-8-13(18(2)12(17-8)5-6-16)9-3-4-11(15)10(14)7-9/h3-4,7H,5-6,16H2,1-2H3. The summed E-state index contributed by atoms with van der Waals surface area (Å²) in [6.45, 7) is 2.47. The van der Waals surface area contributed by atoms with Gasteiger partial charge < -0.3 is 10.3 Å². The van der Waals surface area contributed by atoms with E-state index in [-0.39, 0.29) is 5.02 Å². The van der Waals surface area contributed by atoms with Crippen molar-refractivity contribution >= 4 is 11.6 Å². The number of hydrogen-bond acceptors (Lipinski definition) is 2. The van der Waals surface area contributed by atoms with Crippen LogP contribution in [0.2, 0.25) is 5.02 Å². The molecule has 0 aliphatic carbocycles. The normalized spacial score (nSPS) is 10.9. The van der Waals surface area contributed by atoms with E-state index in [4.69, 9.17) is 17.3 Å². The van der Waals surface area contributed by atoms with Crippen molar-refractivity contribution in [1.82, 2.24) is 9.55 Å². The highest BCUT2D eigenvalue weighted by Crippen LogP contribution is 2.27. The van der Waals surface area contributed by atoms with Crippen LogP contribution >= 0.6 is 11.6 Å². The molecule has 0 atom stereocenters. The first-order chi connectivity index (χ1) is 8.54. The van der Waals surface area contributed by atoms with Crippen molar-refractivity contribution in [2.24, 2.45) is 12.8 Å². The van der Waals surface area contributed by atoms with Crippen LogP contribution in [0.15, 0.2) is 18.2 Å². The SMILES string of the molecule is Cc1nc(CCN)n(C)c1-c1ccc(F)c(Cl)c1. The molecule has 2 N–H and O–H groups in total. The van der Waals surface area contributed by atoms with E-state index in [9.17, 15) is 4.39 Å². The second-order valence-corrected chi connectivity index (χ2v) is 4.60. The molecule has 0 aliphatic rings. The van der Waals surface area contributed by atoms with Gasteiger partial charge in [0.15, 0.2) is 0 Å². The summed E-state index contributed by atoms with van der Waals surface area (Å²) in [4.78, 5) is 4.47. The van der Waals surface area contributed by atoms with E-state index in [1.807, 2.05) is 18.5 Å². The van der Waals surface area contributed by atoms with E-state index in [1.165, 1.54) is 6.07 Å². The first-order valence-electron chi connectivity index (χ1n) is 5.72. The highest BCUT2D eigenvalue weighted by atomic mass is 35.5. The van der Waals surface area contributed by atoms with Gasteiger partial charge in [0.2, 0.25) is 0 Å². The third kappa shape index (κ3) is 2.26. The molecule has 0 aliphatic heterocycles. The summed E-state index contributed by atoms with van der Waals surface area (Å²) in [6, 6.07) is 4.69. The van der Waals surface area contributed by atoms with Crippen LogP contribution < -0.4 is 5.73 Å². The quantitative estimate of drug-likeness (QED) is 0.929. The van der Waals surface area contributed by atoms with Crippen molar-refractivity contribution in [1.29, 1.82) is 0 Å². The summed E-state index contributed by atoms with van der Waals surface area (Å²) in [6.07, 6.45) is 0.715. The zero-order valence-electron chi connectivity index (χ0n) is 10.4. The Morgan fingerprint density at radius 1 is 1.44 bits per heavy atom. The summed E-state index contributed by atoms with van der Waals surface area (Å²) in [5.74, 6) is 0.507. The Morgan fingerprint density at radius 2 is 2.17 bits per heavy atom. The lowest BCUT2D eigenvalue weighted by molar-refractivity contribution is 0.628. The number of imidazole rings is 1. The van der Waals surface area contributed by atoms with Crippen LogP contribution in [0.25, 0.3) is 11.3 Å². The molecule has 0 bridgehead atoms. The maximum absolute atomic E-state index is 13.2. The van der Waals surface area contributed by atoms with Crippen molar-refractivity contribution in [2.45, 2.75) is 13.3 Å². The van der Waals surface area contributed by atoms with Crippen LogP contribution in [0.1, 0.15) is 11.5 Å². The number of nitrogens with two attached hydrogens (primary N) is 1. The molecule has 2 aromatic rings. The molecule has 0 saturated heterocycles. The highest BCUT2D eigenvalue weighted by Gasteiger charge is 2.14. The third-order valence-corrected chi connectivity index (χ3v) is 3.21. The van der Waals surface area contributed by atoms with Crippen molar-refractivity contribution in [3.63, 3.8) is 0 Å². The average Bonchev–Trinajstić information content (AvgIpc) is 2.59. The molecule has 0 amide bonds. The van der Waals surface area contributed by atoms with Gasteiger partial charge in [0.05, 0.1) is 16.4 Å². The molecule has 0 saturated carbocycles. The molecule has 0 radical (unpaired) electrons. The maximum atomic E-state index is 13.2. The lowest BCUT2D eigenvalue weighted by Crippen LogP contribution is -2.08. The molecule has 1 aromatic carbocycles. The van der Waals surface area contributed by atoms with Gasteiger partial charge in [-0.2, -0.15) is 0 Å². The van der Waals surface area contributed by atoms with Gasteiger partial charge in [0.25, 0.3) is 0 Å². The molecule has 5 heteroatoms. The summed E-state index contributed by atoms with van der Waals surface area (Å²) < 4.78 is 15.1. The van der Waals surface area contributed by atoms with E-state index >= 15 is 0 Å². The molecular weight excluding hydrogens is 253 g/mol. The highest BCUT2D eigenvalue weighted by molar-refractivity contribution is 6.31. The minimum Gasteiger partial charge on any atom is -0.331 e. The Bertz CT molecular complexity index is 578. The molecule has 18 heavy (non-hydrogen) atoms. The van der Waals surface area contributed by atoms with Crippen LogP contribution in [0.3, 0.4) is 0 Å². The summed E-state index contributed by atoms with van der Waals surface area (Å²) in [5, 5.41) is 0.119. The maximum Gasteiger partial charge on any atom is 0.141 e. The van der Waals surface area contributed by atoms with E-state index in [0.29, 0.717) is 13.0 Å². The zero-order chi connectivity index (χ0) is 13.3. The Labute approximate surface area is 110 Å². The van der Waals surface area contributed by atoms with Gasteiger partial charge in [-0.3, -0.25) is 0 Å². The van der Waals surface area contributed by atoms with Crippen molar-refractivity contribution in [3.8, 4) is 11.3 Å². The molecule has 96 valence electrons. The molecule has 2 rings (SSSR count). The molecule has 1 heterocycles. The van der Waals surface area contributed by atoms with Gasteiger partial charge in [-0.1, -0.05) is 11.6 Å². The average molecular weight is 268 g/mol.